The molecular weight excluding hydrogens is 292 g/mol. The van der Waals surface area contributed by atoms with Crippen molar-refractivity contribution < 1.29 is 9.59 Å². The first-order chi connectivity index (χ1) is 11.1. The number of aromatic nitrogens is 2. The lowest BCUT2D eigenvalue weighted by Crippen LogP contribution is -2.44. The second-order valence-corrected chi connectivity index (χ2v) is 6.54. The third kappa shape index (κ3) is 3.12. The fourth-order valence-electron chi connectivity index (χ4n) is 3.39. The molecule has 1 aromatic heterocycles. The molecule has 126 valence electrons. The summed E-state index contributed by atoms with van der Waals surface area (Å²) >= 11 is 0. The van der Waals surface area contributed by atoms with Crippen molar-refractivity contribution in [2.24, 2.45) is 5.92 Å². The first-order valence-corrected chi connectivity index (χ1v) is 8.77. The largest absolute Gasteiger partial charge is 0.353 e. The highest BCUT2D eigenvalue weighted by molar-refractivity contribution is 5.93. The first kappa shape index (κ1) is 16.0. The number of rotatable bonds is 5. The summed E-state index contributed by atoms with van der Waals surface area (Å²) in [5.41, 5.74) is 1.54. The number of carbonyl (C=O) groups is 2. The van der Waals surface area contributed by atoms with E-state index in [2.05, 4.69) is 10.3 Å². The maximum atomic E-state index is 12.5. The van der Waals surface area contributed by atoms with Gasteiger partial charge in [0.25, 0.3) is 5.91 Å². The minimum Gasteiger partial charge on any atom is -0.353 e. The van der Waals surface area contributed by atoms with Gasteiger partial charge in [-0.1, -0.05) is 0 Å². The molecule has 3 rings (SSSR count). The fraction of sp³-hybridized carbons (Fsp3) is 0.706. The lowest BCUT2D eigenvalue weighted by Gasteiger charge is -2.30. The Morgan fingerprint density at radius 1 is 1.30 bits per heavy atom. The van der Waals surface area contributed by atoms with Crippen LogP contribution in [0.2, 0.25) is 0 Å². The summed E-state index contributed by atoms with van der Waals surface area (Å²) in [5, 5.41) is 3.14. The smallest absolute Gasteiger partial charge is 0.274 e. The number of carbonyl (C=O) groups excluding carboxylic acids is 2. The van der Waals surface area contributed by atoms with Crippen LogP contribution >= 0.6 is 0 Å². The monoisotopic (exact) mass is 318 g/mol. The third-order valence-electron chi connectivity index (χ3n) is 5.17. The Morgan fingerprint density at radius 3 is 2.65 bits per heavy atom. The summed E-state index contributed by atoms with van der Waals surface area (Å²) in [6, 6.07) is 0.381. The molecule has 1 saturated carbocycles. The Hall–Kier alpha value is -1.85. The van der Waals surface area contributed by atoms with E-state index in [1.165, 1.54) is 6.42 Å². The van der Waals surface area contributed by atoms with Crippen molar-refractivity contribution >= 4 is 11.8 Å². The van der Waals surface area contributed by atoms with Crippen LogP contribution in [0.5, 0.6) is 0 Å². The van der Waals surface area contributed by atoms with E-state index in [-0.39, 0.29) is 17.7 Å². The van der Waals surface area contributed by atoms with E-state index >= 15 is 0 Å². The Balaban J connectivity index is 1.68. The lowest BCUT2D eigenvalue weighted by atomic mass is 9.91. The summed E-state index contributed by atoms with van der Waals surface area (Å²) < 4.78 is 1.99. The lowest BCUT2D eigenvalue weighted by molar-refractivity contribution is -0.127. The van der Waals surface area contributed by atoms with Gasteiger partial charge in [0.2, 0.25) is 5.91 Å². The molecule has 1 unspecified atom stereocenters. The van der Waals surface area contributed by atoms with Crippen LogP contribution in [0.25, 0.3) is 0 Å². The van der Waals surface area contributed by atoms with Gasteiger partial charge in [-0.3, -0.25) is 9.59 Å². The predicted octanol–water partition coefficient (Wildman–Crippen LogP) is 1.60. The molecule has 2 heterocycles. The van der Waals surface area contributed by atoms with Gasteiger partial charge in [0.15, 0.2) is 0 Å². The van der Waals surface area contributed by atoms with E-state index in [1.807, 2.05) is 18.4 Å². The molecule has 1 aromatic rings. The maximum absolute atomic E-state index is 12.5. The Bertz CT molecular complexity index is 587. The summed E-state index contributed by atoms with van der Waals surface area (Å²) in [4.78, 5) is 31.0. The van der Waals surface area contributed by atoms with Crippen LogP contribution in [0.4, 0.5) is 0 Å². The van der Waals surface area contributed by atoms with Crippen LogP contribution in [-0.4, -0.2) is 45.4 Å². The number of nitrogens with zero attached hydrogens (tertiary/aromatic N) is 3. The highest BCUT2D eigenvalue weighted by atomic mass is 16.2. The molecule has 6 nitrogen and oxygen atoms in total. The van der Waals surface area contributed by atoms with Crippen molar-refractivity contribution in [1.29, 1.82) is 0 Å². The number of amides is 2. The van der Waals surface area contributed by atoms with Crippen LogP contribution in [0, 0.1) is 5.92 Å². The molecule has 1 aliphatic carbocycles. The SMILES string of the molecule is CCN(CC)C(=O)c1ncn2c1CCC(C(=O)NC1CCC1)C2. The predicted molar refractivity (Wildman–Crippen MR) is 87.1 cm³/mol. The van der Waals surface area contributed by atoms with Gasteiger partial charge in [0, 0.05) is 25.7 Å². The molecule has 2 amide bonds. The van der Waals surface area contributed by atoms with Crippen LogP contribution in [-0.2, 0) is 17.8 Å². The van der Waals surface area contributed by atoms with E-state index < -0.39 is 0 Å². The van der Waals surface area contributed by atoms with Gasteiger partial charge in [0.1, 0.15) is 5.69 Å². The van der Waals surface area contributed by atoms with Crippen molar-refractivity contribution in [3.8, 4) is 0 Å². The molecule has 6 heteroatoms. The summed E-state index contributed by atoms with van der Waals surface area (Å²) in [7, 11) is 0. The van der Waals surface area contributed by atoms with Gasteiger partial charge < -0.3 is 14.8 Å². The number of hydrogen-bond acceptors (Lipinski definition) is 3. The molecule has 0 radical (unpaired) electrons. The first-order valence-electron chi connectivity index (χ1n) is 8.77. The van der Waals surface area contributed by atoms with Crippen molar-refractivity contribution in [3.63, 3.8) is 0 Å². The van der Waals surface area contributed by atoms with E-state index in [0.29, 0.717) is 31.4 Å². The standard InChI is InChI=1S/C17H26N4O2/c1-3-20(4-2)17(23)15-14-9-8-12(10-21(14)11-18-15)16(22)19-13-6-5-7-13/h11-13H,3-10H2,1-2H3,(H,19,22). The summed E-state index contributed by atoms with van der Waals surface area (Å²) in [5.74, 6) is 0.153. The van der Waals surface area contributed by atoms with Gasteiger partial charge in [-0.2, -0.15) is 0 Å². The van der Waals surface area contributed by atoms with Gasteiger partial charge in [-0.15, -0.1) is 0 Å². The molecule has 0 saturated heterocycles. The van der Waals surface area contributed by atoms with E-state index in [4.69, 9.17) is 0 Å². The topological polar surface area (TPSA) is 67.2 Å². The number of hydrogen-bond donors (Lipinski definition) is 1. The van der Waals surface area contributed by atoms with E-state index in [0.717, 1.165) is 31.4 Å². The molecule has 1 fully saturated rings. The summed E-state index contributed by atoms with van der Waals surface area (Å²) in [6.45, 7) is 5.96. The minimum atomic E-state index is -0.00583. The minimum absolute atomic E-state index is 0.00104. The van der Waals surface area contributed by atoms with Gasteiger partial charge in [-0.05, 0) is 46.0 Å². The normalized spacial score (nSPS) is 20.5. The van der Waals surface area contributed by atoms with Crippen LogP contribution in [0.1, 0.15) is 55.7 Å². The quantitative estimate of drug-likeness (QED) is 0.896. The van der Waals surface area contributed by atoms with Crippen molar-refractivity contribution in [3.05, 3.63) is 17.7 Å². The maximum Gasteiger partial charge on any atom is 0.274 e. The number of imidazole rings is 1. The number of nitrogens with one attached hydrogen (secondary N) is 1. The Kier molecular flexibility index (Phi) is 4.68. The second kappa shape index (κ2) is 6.72. The zero-order chi connectivity index (χ0) is 16.4. The molecule has 1 aliphatic heterocycles. The molecule has 0 spiro atoms. The molecule has 2 aliphatic rings. The molecule has 1 atom stereocenters. The van der Waals surface area contributed by atoms with Gasteiger partial charge in [0.05, 0.1) is 17.9 Å². The fourth-order valence-corrected chi connectivity index (χ4v) is 3.39. The van der Waals surface area contributed by atoms with Gasteiger partial charge >= 0.3 is 0 Å². The molecule has 0 aromatic carbocycles. The average molecular weight is 318 g/mol. The van der Waals surface area contributed by atoms with Gasteiger partial charge in [-0.25, -0.2) is 4.98 Å². The second-order valence-electron chi connectivity index (χ2n) is 6.54. The van der Waals surface area contributed by atoms with Crippen molar-refractivity contribution in [2.45, 2.75) is 58.5 Å². The average Bonchev–Trinajstić information content (AvgIpc) is 2.94. The zero-order valence-corrected chi connectivity index (χ0v) is 14.0. The number of fused-ring (bicyclic) bond motifs is 1. The Morgan fingerprint density at radius 2 is 2.04 bits per heavy atom. The van der Waals surface area contributed by atoms with E-state index in [1.54, 1.807) is 11.2 Å². The van der Waals surface area contributed by atoms with Crippen LogP contribution in [0.15, 0.2) is 6.33 Å². The van der Waals surface area contributed by atoms with Crippen LogP contribution < -0.4 is 5.32 Å². The highest BCUT2D eigenvalue weighted by Gasteiger charge is 2.31. The molecular formula is C17H26N4O2. The molecule has 1 N–H and O–H groups in total. The highest BCUT2D eigenvalue weighted by Crippen LogP contribution is 2.25. The molecule has 0 bridgehead atoms. The van der Waals surface area contributed by atoms with Crippen molar-refractivity contribution in [1.82, 2.24) is 19.8 Å². The Labute approximate surface area is 137 Å². The third-order valence-corrected chi connectivity index (χ3v) is 5.17. The van der Waals surface area contributed by atoms with Crippen LogP contribution in [0.3, 0.4) is 0 Å². The zero-order valence-electron chi connectivity index (χ0n) is 14.0. The molecule has 23 heavy (non-hydrogen) atoms. The summed E-state index contributed by atoms with van der Waals surface area (Å²) in [6.07, 6.45) is 6.69. The van der Waals surface area contributed by atoms with Crippen molar-refractivity contribution in [2.75, 3.05) is 13.1 Å². The van der Waals surface area contributed by atoms with E-state index in [9.17, 15) is 9.59 Å².